The van der Waals surface area contributed by atoms with Gasteiger partial charge in [0, 0.05) is 28.8 Å². The Balaban J connectivity index is 1.28. The van der Waals surface area contributed by atoms with Crippen LogP contribution in [0.1, 0.15) is 28.9 Å². The highest BCUT2D eigenvalue weighted by Crippen LogP contribution is 2.50. The largest absolute Gasteiger partial charge is 0.455 e. The quantitative estimate of drug-likeness (QED) is 0.169. The van der Waals surface area contributed by atoms with Gasteiger partial charge in [0.05, 0.1) is 45.5 Å². The van der Waals surface area contributed by atoms with E-state index in [1.165, 1.54) is 0 Å². The zero-order valence-corrected chi connectivity index (χ0v) is 33.3. The molecule has 60 heavy (non-hydrogen) atoms. The first-order chi connectivity index (χ1) is 29.6. The summed E-state index contributed by atoms with van der Waals surface area (Å²) < 4.78 is 9.20. The van der Waals surface area contributed by atoms with Crippen LogP contribution in [0.15, 0.2) is 204 Å². The Morgan fingerprint density at radius 1 is 0.533 bits per heavy atom. The van der Waals surface area contributed by atoms with Crippen molar-refractivity contribution in [3.05, 3.63) is 216 Å². The molecule has 0 N–H and O–H groups in total. The van der Waals surface area contributed by atoms with Crippen LogP contribution in [0.3, 0.4) is 0 Å². The highest BCUT2D eigenvalue weighted by atomic mass is 16.3. The van der Waals surface area contributed by atoms with Gasteiger partial charge in [0.1, 0.15) is 17.3 Å². The van der Waals surface area contributed by atoms with Crippen LogP contribution in [0.5, 0.6) is 0 Å². The Labute approximate surface area is 348 Å². The molecule has 11 rings (SSSR count). The van der Waals surface area contributed by atoms with Crippen molar-refractivity contribution in [2.45, 2.75) is 12.2 Å². The van der Waals surface area contributed by atoms with E-state index in [1.807, 2.05) is 18.2 Å². The summed E-state index contributed by atoms with van der Waals surface area (Å²) in [4.78, 5) is 4.69. The zero-order chi connectivity index (χ0) is 40.3. The molecule has 0 radical (unpaired) electrons. The van der Waals surface area contributed by atoms with Gasteiger partial charge in [0.2, 0.25) is 0 Å². The molecule has 0 saturated heterocycles. The van der Waals surface area contributed by atoms with Crippen LogP contribution in [0.2, 0.25) is 0 Å². The van der Waals surface area contributed by atoms with Crippen molar-refractivity contribution in [1.29, 1.82) is 5.26 Å². The predicted octanol–water partition coefficient (Wildman–Crippen LogP) is 13.6. The number of para-hydroxylation sites is 2. The molecule has 8 aromatic carbocycles. The monoisotopic (exact) mass is 772 g/mol. The number of aromatic nitrogens is 1. The molecule has 0 saturated carbocycles. The van der Waals surface area contributed by atoms with Gasteiger partial charge >= 0.3 is 0 Å². The molecule has 0 aliphatic carbocycles. The topological polar surface area (TPSA) is 48.3 Å². The SMILES string of the molecule is CN1C(c2ccccc2)=C(C#N)C(c2ccccc2)N(C)C1c1cc(-c2ccccc2)c(-c2ccccc2)cc1-n1c2ccccc2c2c3oc4ccccc4c3ccc21. The number of rotatable bonds is 6. The lowest BCUT2D eigenvalue weighted by Gasteiger charge is -2.48. The molecule has 2 aromatic heterocycles. The second-order valence-electron chi connectivity index (χ2n) is 15.7. The molecule has 1 aliphatic rings. The number of fused-ring (bicyclic) bond motifs is 7. The van der Waals surface area contributed by atoms with Gasteiger partial charge in [-0.15, -0.1) is 0 Å². The van der Waals surface area contributed by atoms with E-state index in [4.69, 9.17) is 4.42 Å². The molecule has 2 unspecified atom stereocenters. The molecule has 0 fully saturated rings. The van der Waals surface area contributed by atoms with E-state index >= 15 is 0 Å². The Morgan fingerprint density at radius 3 is 1.77 bits per heavy atom. The highest BCUT2D eigenvalue weighted by Gasteiger charge is 2.41. The molecule has 0 spiro atoms. The van der Waals surface area contributed by atoms with Crippen molar-refractivity contribution in [3.63, 3.8) is 0 Å². The maximum Gasteiger partial charge on any atom is 0.145 e. The summed E-state index contributed by atoms with van der Waals surface area (Å²) in [7, 11) is 4.31. The Hall–Kier alpha value is -7.65. The Bertz CT molecular complexity index is 3300. The summed E-state index contributed by atoms with van der Waals surface area (Å²) in [5, 5.41) is 15.5. The second-order valence-corrected chi connectivity index (χ2v) is 15.7. The fourth-order valence-corrected chi connectivity index (χ4v) is 9.81. The smallest absolute Gasteiger partial charge is 0.145 e. The minimum Gasteiger partial charge on any atom is -0.455 e. The number of benzene rings is 8. The van der Waals surface area contributed by atoms with Crippen molar-refractivity contribution in [1.82, 2.24) is 14.4 Å². The van der Waals surface area contributed by atoms with Crippen LogP contribution in [0.4, 0.5) is 0 Å². The molecule has 5 nitrogen and oxygen atoms in total. The molecule has 286 valence electrons. The van der Waals surface area contributed by atoms with Crippen molar-refractivity contribution >= 4 is 49.4 Å². The van der Waals surface area contributed by atoms with Gasteiger partial charge in [-0.2, -0.15) is 5.26 Å². The maximum atomic E-state index is 11.1. The number of likely N-dealkylation sites (N-methyl/N-ethyl adjacent to an activating group) is 1. The molecule has 10 aromatic rings. The van der Waals surface area contributed by atoms with Crippen molar-refractivity contribution in [2.24, 2.45) is 0 Å². The first-order valence-electron chi connectivity index (χ1n) is 20.4. The van der Waals surface area contributed by atoms with Crippen LogP contribution in [-0.4, -0.2) is 28.5 Å². The third kappa shape index (κ3) is 5.50. The van der Waals surface area contributed by atoms with E-state index in [2.05, 4.69) is 210 Å². The molecule has 5 heteroatoms. The van der Waals surface area contributed by atoms with E-state index in [0.717, 1.165) is 94.1 Å². The Kier molecular flexibility index (Phi) is 8.47. The summed E-state index contributed by atoms with van der Waals surface area (Å²) in [6.07, 6.45) is -0.309. The Morgan fingerprint density at radius 2 is 1.10 bits per heavy atom. The van der Waals surface area contributed by atoms with Gasteiger partial charge < -0.3 is 13.9 Å². The summed E-state index contributed by atoms with van der Waals surface area (Å²) in [5.74, 6) is 0. The molecule has 2 atom stereocenters. The lowest BCUT2D eigenvalue weighted by molar-refractivity contribution is 0.0832. The number of nitriles is 1. The molecular formula is C55H40N4O. The first-order valence-corrected chi connectivity index (χ1v) is 20.4. The van der Waals surface area contributed by atoms with Gasteiger partial charge in [-0.3, -0.25) is 4.90 Å². The molecule has 0 amide bonds. The number of nitrogens with zero attached hydrogens (tertiary/aromatic N) is 4. The predicted molar refractivity (Wildman–Crippen MR) is 245 cm³/mol. The summed E-state index contributed by atoms with van der Waals surface area (Å²) >= 11 is 0. The van der Waals surface area contributed by atoms with Crippen LogP contribution >= 0.6 is 0 Å². The van der Waals surface area contributed by atoms with Crippen molar-refractivity contribution in [2.75, 3.05) is 14.1 Å². The average Bonchev–Trinajstić information content (AvgIpc) is 3.86. The number of furan rings is 1. The van der Waals surface area contributed by atoms with Crippen LogP contribution in [0.25, 0.3) is 77.4 Å². The molecular weight excluding hydrogens is 733 g/mol. The average molecular weight is 773 g/mol. The van der Waals surface area contributed by atoms with E-state index < -0.39 is 0 Å². The minimum atomic E-state index is -0.317. The fraction of sp³-hybridized carbons (Fsp3) is 0.0727. The van der Waals surface area contributed by atoms with Crippen molar-refractivity contribution in [3.8, 4) is 34.0 Å². The van der Waals surface area contributed by atoms with Crippen LogP contribution < -0.4 is 0 Å². The lowest BCUT2D eigenvalue weighted by atomic mass is 9.86. The lowest BCUT2D eigenvalue weighted by Crippen LogP contribution is -2.44. The van der Waals surface area contributed by atoms with Gasteiger partial charge in [-0.1, -0.05) is 158 Å². The first kappa shape index (κ1) is 35.5. The van der Waals surface area contributed by atoms with Crippen LogP contribution in [-0.2, 0) is 0 Å². The van der Waals surface area contributed by atoms with Gasteiger partial charge in [-0.25, -0.2) is 0 Å². The van der Waals surface area contributed by atoms with E-state index in [-0.39, 0.29) is 12.2 Å². The standard InChI is InChI=1S/C55H40N4O/c1-57-52(38-23-11-5-12-24-38)46(35-56)53(39-25-13-6-14-26-39)58(2)55(57)45-33-43(36-19-7-3-8-20-36)44(37-21-9-4-10-22-37)34-49(45)59-47-29-17-15-28-42(47)51-48(59)32-31-41-40-27-16-18-30-50(40)60-54(41)51/h3-34,52,55H,1-2H3. The number of hydrogen-bond donors (Lipinski definition) is 0. The molecule has 1 aliphatic heterocycles. The fourth-order valence-electron chi connectivity index (χ4n) is 9.81. The summed E-state index contributed by atoms with van der Waals surface area (Å²) in [6, 6.07) is 70.9. The van der Waals surface area contributed by atoms with E-state index in [1.54, 1.807) is 0 Å². The summed E-state index contributed by atoms with van der Waals surface area (Å²) in [5.41, 5.74) is 14.3. The normalized spacial score (nSPS) is 16.0. The third-order valence-electron chi connectivity index (χ3n) is 12.4. The van der Waals surface area contributed by atoms with Crippen LogP contribution in [0, 0.1) is 11.3 Å². The van der Waals surface area contributed by atoms with Crippen molar-refractivity contribution < 1.29 is 4.42 Å². The highest BCUT2D eigenvalue weighted by molar-refractivity contribution is 6.24. The summed E-state index contributed by atoms with van der Waals surface area (Å²) in [6.45, 7) is 0. The zero-order valence-electron chi connectivity index (χ0n) is 33.3. The molecule has 3 heterocycles. The van der Waals surface area contributed by atoms with E-state index in [0.29, 0.717) is 5.57 Å². The minimum absolute atomic E-state index is 0.309. The van der Waals surface area contributed by atoms with Gasteiger partial charge in [0.15, 0.2) is 0 Å². The molecule has 0 bridgehead atoms. The maximum absolute atomic E-state index is 11.1. The van der Waals surface area contributed by atoms with Gasteiger partial charge in [0.25, 0.3) is 0 Å². The van der Waals surface area contributed by atoms with E-state index in [9.17, 15) is 5.26 Å². The van der Waals surface area contributed by atoms with Gasteiger partial charge in [-0.05, 0) is 76.8 Å². The number of hydrogen-bond acceptors (Lipinski definition) is 4. The third-order valence-corrected chi connectivity index (χ3v) is 12.4. The second kappa shape index (κ2) is 14.3.